The van der Waals surface area contributed by atoms with Gasteiger partial charge in [0.1, 0.15) is 5.01 Å². The molecule has 0 saturated heterocycles. The first kappa shape index (κ1) is 18.4. The van der Waals surface area contributed by atoms with E-state index >= 15 is 0 Å². The van der Waals surface area contributed by atoms with E-state index in [1.807, 2.05) is 24.3 Å². The van der Waals surface area contributed by atoms with Gasteiger partial charge in [-0.05, 0) is 51.7 Å². The molecule has 1 atom stereocenters. The Morgan fingerprint density at radius 3 is 2.52 bits per heavy atom. The van der Waals surface area contributed by atoms with Gasteiger partial charge in [-0.15, -0.1) is 11.3 Å². The molecule has 0 aliphatic heterocycles. The van der Waals surface area contributed by atoms with Crippen LogP contribution in [0.4, 0.5) is 0 Å². The highest BCUT2D eigenvalue weighted by Crippen LogP contribution is 2.32. The second kappa shape index (κ2) is 7.85. The van der Waals surface area contributed by atoms with E-state index in [9.17, 15) is 4.79 Å². The van der Waals surface area contributed by atoms with Gasteiger partial charge in [-0.25, -0.2) is 4.98 Å². The lowest BCUT2D eigenvalue weighted by molar-refractivity contribution is -0.142. The fourth-order valence-corrected chi connectivity index (χ4v) is 4.49. The zero-order valence-electron chi connectivity index (χ0n) is 14.5. The van der Waals surface area contributed by atoms with Crippen molar-refractivity contribution in [1.82, 2.24) is 10.3 Å². The van der Waals surface area contributed by atoms with Gasteiger partial charge in [-0.2, -0.15) is 0 Å². The van der Waals surface area contributed by atoms with Gasteiger partial charge in [-0.1, -0.05) is 23.7 Å². The van der Waals surface area contributed by atoms with Crippen LogP contribution in [0.25, 0.3) is 11.3 Å². The molecule has 1 fully saturated rings. The third-order valence-electron chi connectivity index (χ3n) is 4.86. The quantitative estimate of drug-likeness (QED) is 0.762. The lowest BCUT2D eigenvalue weighted by Crippen LogP contribution is -2.36. The summed E-state index contributed by atoms with van der Waals surface area (Å²) in [5.74, 6) is -0.832. The van der Waals surface area contributed by atoms with Crippen molar-refractivity contribution < 1.29 is 9.90 Å². The number of hydrogen-bond acceptors (Lipinski definition) is 4. The molecule has 2 aromatic rings. The molecule has 6 heteroatoms. The van der Waals surface area contributed by atoms with Gasteiger partial charge in [0.05, 0.1) is 17.7 Å². The number of carboxylic acid groups (broad SMARTS) is 1. The Labute approximate surface area is 157 Å². The monoisotopic (exact) mass is 378 g/mol. The predicted molar refractivity (Wildman–Crippen MR) is 102 cm³/mol. The standard InChI is InChI=1S/C19H23ClN2O2S/c1-11(21-16-9-5-14(6-10-16)19(23)24)18-22-17(12(2)25-18)13-3-7-15(20)8-4-13/h3-4,7-8,11,14,16,21H,5-6,9-10H2,1-2H3,(H,23,24). The van der Waals surface area contributed by atoms with Gasteiger partial charge in [0.2, 0.25) is 0 Å². The van der Waals surface area contributed by atoms with E-state index in [1.54, 1.807) is 11.3 Å². The molecule has 1 unspecified atom stereocenters. The Kier molecular flexibility index (Phi) is 5.77. The molecule has 1 aliphatic rings. The second-order valence-corrected chi connectivity index (χ2v) is 8.41. The summed E-state index contributed by atoms with van der Waals surface area (Å²) in [5, 5.41) is 14.5. The number of carbonyl (C=O) groups is 1. The summed E-state index contributed by atoms with van der Waals surface area (Å²) < 4.78 is 0. The van der Waals surface area contributed by atoms with Gasteiger partial charge in [0.25, 0.3) is 0 Å². The molecule has 1 aliphatic carbocycles. The maximum absolute atomic E-state index is 11.1. The molecule has 1 heterocycles. The largest absolute Gasteiger partial charge is 0.481 e. The zero-order valence-corrected chi connectivity index (χ0v) is 16.0. The Balaban J connectivity index is 1.65. The van der Waals surface area contributed by atoms with Crippen LogP contribution in [0.1, 0.15) is 48.5 Å². The van der Waals surface area contributed by atoms with E-state index in [1.165, 1.54) is 4.88 Å². The van der Waals surface area contributed by atoms with Crippen LogP contribution >= 0.6 is 22.9 Å². The Morgan fingerprint density at radius 2 is 1.92 bits per heavy atom. The number of nitrogens with one attached hydrogen (secondary N) is 1. The van der Waals surface area contributed by atoms with Gasteiger partial charge >= 0.3 is 5.97 Å². The molecule has 0 radical (unpaired) electrons. The van der Waals surface area contributed by atoms with Gasteiger partial charge in [0.15, 0.2) is 0 Å². The van der Waals surface area contributed by atoms with Crippen LogP contribution in [-0.2, 0) is 4.79 Å². The molecule has 3 rings (SSSR count). The summed E-state index contributed by atoms with van der Waals surface area (Å²) in [7, 11) is 0. The minimum absolute atomic E-state index is 0.163. The average molecular weight is 379 g/mol. The third-order valence-corrected chi connectivity index (χ3v) is 6.27. The highest BCUT2D eigenvalue weighted by molar-refractivity contribution is 7.12. The van der Waals surface area contributed by atoms with Crippen molar-refractivity contribution >= 4 is 28.9 Å². The highest BCUT2D eigenvalue weighted by Gasteiger charge is 2.27. The number of halogens is 1. The Morgan fingerprint density at radius 1 is 1.28 bits per heavy atom. The molecule has 2 N–H and O–H groups in total. The number of carboxylic acids is 1. The van der Waals surface area contributed by atoms with Gasteiger partial charge in [0, 0.05) is 21.5 Å². The summed E-state index contributed by atoms with van der Waals surface area (Å²) in [4.78, 5) is 17.1. The molecular weight excluding hydrogens is 356 g/mol. The van der Waals surface area contributed by atoms with E-state index in [2.05, 4.69) is 19.2 Å². The maximum Gasteiger partial charge on any atom is 0.306 e. The molecule has 1 aromatic carbocycles. The van der Waals surface area contributed by atoms with Crippen LogP contribution in [0.15, 0.2) is 24.3 Å². The first-order valence-corrected chi connectivity index (χ1v) is 9.85. The normalized spacial score (nSPS) is 21.9. The van der Waals surface area contributed by atoms with E-state index in [0.717, 1.165) is 47.0 Å². The Hall–Kier alpha value is -1.43. The molecule has 1 saturated carbocycles. The van der Waals surface area contributed by atoms with Crippen molar-refractivity contribution in [2.24, 2.45) is 5.92 Å². The van der Waals surface area contributed by atoms with Crippen LogP contribution in [0.2, 0.25) is 5.02 Å². The maximum atomic E-state index is 11.1. The molecule has 1 aromatic heterocycles. The average Bonchev–Trinajstić information content (AvgIpc) is 2.98. The minimum Gasteiger partial charge on any atom is -0.481 e. The SMILES string of the molecule is Cc1sc(C(C)NC2CCC(C(=O)O)CC2)nc1-c1ccc(Cl)cc1. The highest BCUT2D eigenvalue weighted by atomic mass is 35.5. The van der Waals surface area contributed by atoms with Crippen LogP contribution in [0.3, 0.4) is 0 Å². The molecule has 4 nitrogen and oxygen atoms in total. The fourth-order valence-electron chi connectivity index (χ4n) is 3.41. The number of aryl methyl sites for hydroxylation is 1. The minimum atomic E-state index is -0.658. The van der Waals surface area contributed by atoms with Crippen LogP contribution in [-0.4, -0.2) is 22.1 Å². The van der Waals surface area contributed by atoms with Crippen molar-refractivity contribution in [2.75, 3.05) is 0 Å². The third kappa shape index (κ3) is 4.40. The summed E-state index contributed by atoms with van der Waals surface area (Å²) in [5.41, 5.74) is 2.10. The van der Waals surface area contributed by atoms with Gasteiger partial charge < -0.3 is 10.4 Å². The fraction of sp³-hybridized carbons (Fsp3) is 0.474. The molecular formula is C19H23ClN2O2S. The van der Waals surface area contributed by atoms with E-state index in [0.29, 0.717) is 6.04 Å². The zero-order chi connectivity index (χ0) is 18.0. The number of aliphatic carboxylic acids is 1. The summed E-state index contributed by atoms with van der Waals surface area (Å²) >= 11 is 7.68. The van der Waals surface area contributed by atoms with Crippen molar-refractivity contribution in [1.29, 1.82) is 0 Å². The van der Waals surface area contributed by atoms with Crippen molar-refractivity contribution in [3.63, 3.8) is 0 Å². The second-order valence-electron chi connectivity index (χ2n) is 6.74. The first-order valence-electron chi connectivity index (χ1n) is 8.66. The summed E-state index contributed by atoms with van der Waals surface area (Å²) in [6, 6.07) is 8.30. The van der Waals surface area contributed by atoms with E-state index in [-0.39, 0.29) is 12.0 Å². The predicted octanol–water partition coefficient (Wildman–Crippen LogP) is 5.07. The number of rotatable bonds is 5. The number of nitrogens with zero attached hydrogens (tertiary/aromatic N) is 1. The smallest absolute Gasteiger partial charge is 0.306 e. The van der Waals surface area contributed by atoms with Crippen molar-refractivity contribution in [3.8, 4) is 11.3 Å². The molecule has 0 amide bonds. The van der Waals surface area contributed by atoms with Crippen molar-refractivity contribution in [2.45, 2.75) is 51.6 Å². The van der Waals surface area contributed by atoms with Gasteiger partial charge in [-0.3, -0.25) is 4.79 Å². The molecule has 25 heavy (non-hydrogen) atoms. The summed E-state index contributed by atoms with van der Waals surface area (Å²) in [6.07, 6.45) is 3.34. The van der Waals surface area contributed by atoms with Crippen LogP contribution in [0.5, 0.6) is 0 Å². The first-order chi connectivity index (χ1) is 11.9. The lowest BCUT2D eigenvalue weighted by atomic mass is 9.86. The molecule has 134 valence electrons. The number of hydrogen-bond donors (Lipinski definition) is 2. The molecule has 0 bridgehead atoms. The van der Waals surface area contributed by atoms with E-state index < -0.39 is 5.97 Å². The van der Waals surface area contributed by atoms with E-state index in [4.69, 9.17) is 21.7 Å². The number of aromatic nitrogens is 1. The number of benzene rings is 1. The molecule has 0 spiro atoms. The lowest BCUT2D eigenvalue weighted by Gasteiger charge is -2.28. The van der Waals surface area contributed by atoms with Crippen LogP contribution < -0.4 is 5.32 Å². The topological polar surface area (TPSA) is 62.2 Å². The van der Waals surface area contributed by atoms with Crippen molar-refractivity contribution in [3.05, 3.63) is 39.2 Å². The Bertz CT molecular complexity index is 736. The van der Waals surface area contributed by atoms with Crippen LogP contribution in [0, 0.1) is 12.8 Å². The summed E-state index contributed by atoms with van der Waals surface area (Å²) in [6.45, 7) is 4.23. The number of thiazole rings is 1.